The zero-order valence-corrected chi connectivity index (χ0v) is 14.4. The van der Waals surface area contributed by atoms with E-state index in [2.05, 4.69) is 34.1 Å². The molecule has 1 aliphatic carbocycles. The van der Waals surface area contributed by atoms with Crippen molar-refractivity contribution in [3.05, 3.63) is 32.3 Å². The minimum absolute atomic E-state index is 0.729. The molecular weight excluding hydrogens is 312 g/mol. The Morgan fingerprint density at radius 1 is 1.14 bits per heavy atom. The highest BCUT2D eigenvalue weighted by molar-refractivity contribution is 7.19. The van der Waals surface area contributed by atoms with Gasteiger partial charge >= 0.3 is 0 Å². The Kier molecular flexibility index (Phi) is 3.58. The second-order valence-electron chi connectivity index (χ2n) is 5.70. The molecule has 0 aliphatic heterocycles. The number of thiophene rings is 1. The molecule has 6 heteroatoms. The predicted octanol–water partition coefficient (Wildman–Crippen LogP) is 4.26. The van der Waals surface area contributed by atoms with Gasteiger partial charge in [-0.05, 0) is 45.1 Å². The molecule has 0 amide bonds. The van der Waals surface area contributed by atoms with E-state index in [1.54, 1.807) is 17.7 Å². The lowest BCUT2D eigenvalue weighted by Crippen LogP contribution is -2.05. The molecule has 0 saturated carbocycles. The van der Waals surface area contributed by atoms with Crippen LogP contribution in [0.2, 0.25) is 0 Å². The van der Waals surface area contributed by atoms with Gasteiger partial charge in [-0.2, -0.15) is 0 Å². The first kappa shape index (κ1) is 14.1. The van der Waals surface area contributed by atoms with E-state index in [0.717, 1.165) is 34.3 Å². The molecule has 1 N–H and O–H groups in total. The average Bonchev–Trinajstić information content (AvgIpc) is 3.04. The summed E-state index contributed by atoms with van der Waals surface area (Å²) in [7, 11) is 0. The largest absolute Gasteiger partial charge is 0.364 e. The minimum Gasteiger partial charge on any atom is -0.364 e. The Hall–Kier alpha value is -1.53. The van der Waals surface area contributed by atoms with Gasteiger partial charge in [0.1, 0.15) is 17.0 Å². The van der Waals surface area contributed by atoms with E-state index in [4.69, 9.17) is 0 Å². The molecular formula is C16H18N4S2. The van der Waals surface area contributed by atoms with Crippen LogP contribution in [0.15, 0.2) is 6.33 Å². The fourth-order valence-electron chi connectivity index (χ4n) is 3.13. The number of anilines is 1. The summed E-state index contributed by atoms with van der Waals surface area (Å²) in [5, 5.41) is 5.86. The fraction of sp³-hybridized carbons (Fsp3) is 0.438. The summed E-state index contributed by atoms with van der Waals surface area (Å²) in [6, 6.07) is 0. The van der Waals surface area contributed by atoms with Crippen molar-refractivity contribution in [1.82, 2.24) is 15.0 Å². The van der Waals surface area contributed by atoms with Crippen molar-refractivity contribution in [2.24, 2.45) is 0 Å². The van der Waals surface area contributed by atoms with Gasteiger partial charge in [-0.15, -0.1) is 22.7 Å². The molecule has 0 unspecified atom stereocenters. The molecule has 0 atom stereocenters. The van der Waals surface area contributed by atoms with E-state index < -0.39 is 0 Å². The van der Waals surface area contributed by atoms with Crippen molar-refractivity contribution in [3.8, 4) is 0 Å². The monoisotopic (exact) mass is 330 g/mol. The zero-order chi connectivity index (χ0) is 15.1. The molecule has 3 aromatic heterocycles. The van der Waals surface area contributed by atoms with Gasteiger partial charge in [0.05, 0.1) is 22.6 Å². The standard InChI is InChI=1S/C16H18N4S2/c1-9-12(20-10(2)21-9)7-17-15-14-11-5-3-4-6-13(11)22-16(14)19-8-18-15/h8H,3-7H2,1-2H3,(H,17,18,19). The van der Waals surface area contributed by atoms with Crippen LogP contribution in [0.5, 0.6) is 0 Å². The highest BCUT2D eigenvalue weighted by atomic mass is 32.1. The lowest BCUT2D eigenvalue weighted by molar-refractivity contribution is 0.700. The summed E-state index contributed by atoms with van der Waals surface area (Å²) < 4.78 is 0. The highest BCUT2D eigenvalue weighted by Crippen LogP contribution is 2.38. The molecule has 0 spiro atoms. The molecule has 3 heterocycles. The Labute approximate surface area is 137 Å². The van der Waals surface area contributed by atoms with Crippen LogP contribution in [-0.2, 0) is 19.4 Å². The first-order chi connectivity index (χ1) is 10.7. The Morgan fingerprint density at radius 2 is 2.00 bits per heavy atom. The van der Waals surface area contributed by atoms with Crippen molar-refractivity contribution in [2.75, 3.05) is 5.32 Å². The normalized spacial score (nSPS) is 14.3. The number of nitrogens with zero attached hydrogens (tertiary/aromatic N) is 3. The van der Waals surface area contributed by atoms with Crippen molar-refractivity contribution >= 4 is 38.7 Å². The van der Waals surface area contributed by atoms with Gasteiger partial charge < -0.3 is 5.32 Å². The Morgan fingerprint density at radius 3 is 2.82 bits per heavy atom. The van der Waals surface area contributed by atoms with E-state index in [9.17, 15) is 0 Å². The molecule has 114 valence electrons. The third-order valence-electron chi connectivity index (χ3n) is 4.17. The molecule has 0 aromatic carbocycles. The first-order valence-electron chi connectivity index (χ1n) is 7.64. The van der Waals surface area contributed by atoms with E-state index in [1.165, 1.54) is 40.0 Å². The number of nitrogens with one attached hydrogen (secondary N) is 1. The van der Waals surface area contributed by atoms with Crippen LogP contribution in [0.1, 0.15) is 38.9 Å². The van der Waals surface area contributed by atoms with Gasteiger partial charge in [-0.3, -0.25) is 0 Å². The van der Waals surface area contributed by atoms with E-state index in [1.807, 2.05) is 11.3 Å². The molecule has 1 aliphatic rings. The second kappa shape index (κ2) is 5.59. The third kappa shape index (κ3) is 2.40. The lowest BCUT2D eigenvalue weighted by Gasteiger charge is -2.12. The molecule has 0 radical (unpaired) electrons. The van der Waals surface area contributed by atoms with Gasteiger partial charge in [0.25, 0.3) is 0 Å². The van der Waals surface area contributed by atoms with Crippen molar-refractivity contribution in [1.29, 1.82) is 0 Å². The lowest BCUT2D eigenvalue weighted by atomic mass is 9.97. The number of hydrogen-bond acceptors (Lipinski definition) is 6. The maximum atomic E-state index is 4.60. The molecule has 0 saturated heterocycles. The van der Waals surface area contributed by atoms with Crippen LogP contribution in [0.25, 0.3) is 10.2 Å². The third-order valence-corrected chi connectivity index (χ3v) is 6.30. The number of aromatic nitrogens is 3. The molecule has 4 rings (SSSR count). The quantitative estimate of drug-likeness (QED) is 0.780. The van der Waals surface area contributed by atoms with Crippen LogP contribution in [0, 0.1) is 13.8 Å². The van der Waals surface area contributed by atoms with Gasteiger partial charge in [-0.25, -0.2) is 15.0 Å². The minimum atomic E-state index is 0.729. The molecule has 0 fully saturated rings. The van der Waals surface area contributed by atoms with Crippen LogP contribution < -0.4 is 5.32 Å². The summed E-state index contributed by atoms with van der Waals surface area (Å²) >= 11 is 3.59. The van der Waals surface area contributed by atoms with Gasteiger partial charge in [0.2, 0.25) is 0 Å². The molecule has 4 nitrogen and oxygen atoms in total. The number of rotatable bonds is 3. The number of aryl methyl sites for hydroxylation is 4. The Balaban J connectivity index is 1.69. The van der Waals surface area contributed by atoms with Crippen LogP contribution in [0.3, 0.4) is 0 Å². The predicted molar refractivity (Wildman–Crippen MR) is 93.0 cm³/mol. The number of fused-ring (bicyclic) bond motifs is 3. The van der Waals surface area contributed by atoms with E-state index >= 15 is 0 Å². The van der Waals surface area contributed by atoms with E-state index in [0.29, 0.717) is 0 Å². The maximum Gasteiger partial charge on any atom is 0.138 e. The topological polar surface area (TPSA) is 50.7 Å². The van der Waals surface area contributed by atoms with Gasteiger partial charge in [0, 0.05) is 9.75 Å². The summed E-state index contributed by atoms with van der Waals surface area (Å²) in [6.45, 7) is 4.91. The SMILES string of the molecule is Cc1nc(CNc2ncnc3sc4c(c23)CCCC4)c(C)s1. The maximum absolute atomic E-state index is 4.60. The van der Waals surface area contributed by atoms with Gasteiger partial charge in [-0.1, -0.05) is 0 Å². The zero-order valence-electron chi connectivity index (χ0n) is 12.8. The Bertz CT molecular complexity index is 834. The summed E-state index contributed by atoms with van der Waals surface area (Å²) in [6.07, 6.45) is 6.60. The number of thiazole rings is 1. The molecule has 0 bridgehead atoms. The molecule has 3 aromatic rings. The molecule has 22 heavy (non-hydrogen) atoms. The van der Waals surface area contributed by atoms with E-state index in [-0.39, 0.29) is 0 Å². The van der Waals surface area contributed by atoms with Crippen LogP contribution >= 0.6 is 22.7 Å². The highest BCUT2D eigenvalue weighted by Gasteiger charge is 2.19. The van der Waals surface area contributed by atoms with Gasteiger partial charge in [0.15, 0.2) is 0 Å². The summed E-state index contributed by atoms with van der Waals surface area (Å²) in [4.78, 5) is 17.5. The first-order valence-corrected chi connectivity index (χ1v) is 9.27. The van der Waals surface area contributed by atoms with Crippen LogP contribution in [0.4, 0.5) is 5.82 Å². The van der Waals surface area contributed by atoms with Crippen molar-refractivity contribution in [2.45, 2.75) is 46.1 Å². The number of hydrogen-bond donors (Lipinski definition) is 1. The van der Waals surface area contributed by atoms with Crippen molar-refractivity contribution < 1.29 is 0 Å². The average molecular weight is 330 g/mol. The second-order valence-corrected chi connectivity index (χ2v) is 8.19. The smallest absolute Gasteiger partial charge is 0.138 e. The summed E-state index contributed by atoms with van der Waals surface area (Å²) in [5.41, 5.74) is 2.60. The van der Waals surface area contributed by atoms with Crippen molar-refractivity contribution in [3.63, 3.8) is 0 Å². The van der Waals surface area contributed by atoms with Crippen LogP contribution in [-0.4, -0.2) is 15.0 Å². The summed E-state index contributed by atoms with van der Waals surface area (Å²) in [5.74, 6) is 0.967. The fourth-order valence-corrected chi connectivity index (χ4v) is 5.19.